The molecule has 0 bridgehead atoms. The largest absolute Gasteiger partial charge is 0.394 e. The summed E-state index contributed by atoms with van der Waals surface area (Å²) in [5.41, 5.74) is 10.9. The van der Waals surface area contributed by atoms with E-state index in [4.69, 9.17) is 27.6 Å². The number of nitrogen functional groups attached to an aromatic ring is 2. The third-order valence-corrected chi connectivity index (χ3v) is 4.12. The van der Waals surface area contributed by atoms with Crippen molar-refractivity contribution in [1.82, 2.24) is 20.0 Å². The van der Waals surface area contributed by atoms with Crippen LogP contribution in [0.4, 0.5) is 11.6 Å². The van der Waals surface area contributed by atoms with Crippen molar-refractivity contribution in [2.24, 2.45) is 11.7 Å². The van der Waals surface area contributed by atoms with Gasteiger partial charge in [0, 0.05) is 0 Å². The van der Waals surface area contributed by atoms with Crippen LogP contribution in [0.25, 0.3) is 11.0 Å². The molecule has 0 amide bonds. The number of fused-ring (bicyclic) bond motifs is 1. The molecule has 12 N–H and O–H groups in total. The van der Waals surface area contributed by atoms with Gasteiger partial charge in [0.05, 0.1) is 17.6 Å². The first-order valence-electron chi connectivity index (χ1n) is 7.25. The van der Waals surface area contributed by atoms with E-state index in [9.17, 15) is 15.3 Å². The maximum atomic E-state index is 10.3. The number of anilines is 2. The van der Waals surface area contributed by atoms with Gasteiger partial charge in [0.15, 0.2) is 6.23 Å². The smallest absolute Gasteiger partial charge is 0.166 e. The zero-order chi connectivity index (χ0) is 18.3. The summed E-state index contributed by atoms with van der Waals surface area (Å²) in [6, 6.07) is 0. The van der Waals surface area contributed by atoms with Crippen molar-refractivity contribution in [3.8, 4) is 0 Å². The van der Waals surface area contributed by atoms with Gasteiger partial charge in [0.1, 0.15) is 47.8 Å². The minimum Gasteiger partial charge on any atom is -0.394 e. The fraction of sp³-hybridized carbons (Fsp3) is 0.417. The highest BCUT2D eigenvalue weighted by Gasteiger charge is 2.45. The highest BCUT2D eigenvalue weighted by molar-refractivity contribution is 6.15. The minimum absolute atomic E-state index is 0.0574. The highest BCUT2D eigenvalue weighted by atomic mass is 16.6. The lowest BCUT2D eigenvalue weighted by Crippen LogP contribution is -2.34. The van der Waals surface area contributed by atoms with Gasteiger partial charge in [0.25, 0.3) is 0 Å². The van der Waals surface area contributed by atoms with Crippen molar-refractivity contribution in [1.29, 1.82) is 5.41 Å². The number of rotatable bonds is 4. The van der Waals surface area contributed by atoms with Gasteiger partial charge in [-0.2, -0.15) is 0 Å². The van der Waals surface area contributed by atoms with Crippen molar-refractivity contribution in [3.63, 3.8) is 0 Å². The molecule has 4 atom stereocenters. The molecule has 13 heteroatoms. The molecule has 0 spiro atoms. The number of aliphatic hydroxyl groups excluding tert-OH is 3. The summed E-state index contributed by atoms with van der Waals surface area (Å²) in [5.74, 6) is 10.9. The van der Waals surface area contributed by atoms with Gasteiger partial charge >= 0.3 is 0 Å². The van der Waals surface area contributed by atoms with E-state index in [2.05, 4.69) is 20.8 Å². The van der Waals surface area contributed by atoms with E-state index >= 15 is 0 Å². The first kappa shape index (κ1) is 17.3. The van der Waals surface area contributed by atoms with Crippen molar-refractivity contribution < 1.29 is 20.1 Å². The maximum absolute atomic E-state index is 10.3. The van der Waals surface area contributed by atoms with E-state index in [1.54, 1.807) is 0 Å². The molecule has 3 heterocycles. The third-order valence-electron chi connectivity index (χ3n) is 4.12. The van der Waals surface area contributed by atoms with Gasteiger partial charge in [-0.15, -0.1) is 0 Å². The summed E-state index contributed by atoms with van der Waals surface area (Å²) < 4.78 is 6.86. The molecule has 1 aliphatic heterocycles. The Bertz CT molecular complexity index is 809. The monoisotopic (exact) mass is 353 g/mol. The summed E-state index contributed by atoms with van der Waals surface area (Å²) >= 11 is 0. The molecule has 0 saturated carbocycles. The molecule has 0 aliphatic carbocycles. The number of hydrazine groups is 2. The highest BCUT2D eigenvalue weighted by Crippen LogP contribution is 2.39. The van der Waals surface area contributed by atoms with Crippen LogP contribution in [0.15, 0.2) is 6.33 Å². The van der Waals surface area contributed by atoms with E-state index < -0.39 is 31.1 Å². The maximum Gasteiger partial charge on any atom is 0.166 e. The Morgan fingerprint density at radius 2 is 2.04 bits per heavy atom. The first-order chi connectivity index (χ1) is 12.0. The van der Waals surface area contributed by atoms with Crippen LogP contribution in [0.1, 0.15) is 11.8 Å². The molecular formula is C12H19N9O4. The molecule has 2 aromatic rings. The van der Waals surface area contributed by atoms with Crippen LogP contribution in [-0.4, -0.2) is 60.6 Å². The standard InChI is InChI=1S/C12H19N9O4/c13-8-4-5(9(14)19-15)11(20-16)21(10(4)18-2-17-8)12-7(24)6(23)3(1-22)25-12/h2-3,6-7,12,20,22-24H,1,15-16H2,(H2,14,19)(H2,13,17,18)/t3-,6-,7?,12-/m1/s1. The molecule has 1 saturated heterocycles. The van der Waals surface area contributed by atoms with Crippen LogP contribution >= 0.6 is 0 Å². The zero-order valence-electron chi connectivity index (χ0n) is 12.9. The van der Waals surface area contributed by atoms with E-state index in [-0.39, 0.29) is 34.1 Å². The number of ether oxygens (including phenoxy) is 1. The Balaban J connectivity index is 2.29. The Morgan fingerprint density at radius 1 is 1.32 bits per heavy atom. The molecule has 25 heavy (non-hydrogen) atoms. The lowest BCUT2D eigenvalue weighted by Gasteiger charge is -2.20. The van der Waals surface area contributed by atoms with Gasteiger partial charge in [-0.25, -0.2) is 21.7 Å². The second kappa shape index (κ2) is 6.40. The van der Waals surface area contributed by atoms with Crippen LogP contribution in [0, 0.1) is 5.41 Å². The van der Waals surface area contributed by atoms with Crippen LogP contribution in [0.5, 0.6) is 0 Å². The Kier molecular flexibility index (Phi) is 4.42. The fourth-order valence-corrected chi connectivity index (χ4v) is 2.96. The van der Waals surface area contributed by atoms with Gasteiger partial charge < -0.3 is 36.6 Å². The molecule has 0 aromatic carbocycles. The molecule has 1 unspecified atom stereocenters. The van der Waals surface area contributed by atoms with Crippen LogP contribution in [0.3, 0.4) is 0 Å². The fourth-order valence-electron chi connectivity index (χ4n) is 2.96. The third kappa shape index (κ3) is 2.46. The Labute approximate surface area is 140 Å². The van der Waals surface area contributed by atoms with Crippen LogP contribution in [0.2, 0.25) is 0 Å². The number of nitrogens with one attached hydrogen (secondary N) is 3. The zero-order valence-corrected chi connectivity index (χ0v) is 12.9. The van der Waals surface area contributed by atoms with E-state index in [0.29, 0.717) is 0 Å². The number of aromatic nitrogens is 3. The quantitative estimate of drug-likeness (QED) is 0.114. The van der Waals surface area contributed by atoms with E-state index in [1.807, 2.05) is 0 Å². The minimum atomic E-state index is -1.39. The van der Waals surface area contributed by atoms with Crippen molar-refractivity contribution in [3.05, 3.63) is 11.9 Å². The van der Waals surface area contributed by atoms with Crippen LogP contribution < -0.4 is 28.3 Å². The van der Waals surface area contributed by atoms with Gasteiger partial charge in [-0.3, -0.25) is 9.98 Å². The van der Waals surface area contributed by atoms with E-state index in [1.165, 1.54) is 10.9 Å². The number of hydrogen-bond acceptors (Lipinski definition) is 11. The second-order valence-corrected chi connectivity index (χ2v) is 5.44. The second-order valence-electron chi connectivity index (χ2n) is 5.44. The lowest BCUT2D eigenvalue weighted by atomic mass is 10.1. The van der Waals surface area contributed by atoms with Gasteiger partial charge in [0.2, 0.25) is 0 Å². The molecule has 136 valence electrons. The van der Waals surface area contributed by atoms with Gasteiger partial charge in [-0.05, 0) is 0 Å². The summed E-state index contributed by atoms with van der Waals surface area (Å²) in [6.45, 7) is -0.497. The molecule has 2 aromatic heterocycles. The number of nitrogens with two attached hydrogens (primary N) is 3. The SMILES string of the molecule is N=C(NN)c1c(NN)n([C@@H]2O[C@H](CO)[C@@H](O)C2O)c2ncnc(N)c12. The summed E-state index contributed by atoms with van der Waals surface area (Å²) in [4.78, 5) is 8.01. The Morgan fingerprint density at radius 3 is 2.60 bits per heavy atom. The Hall–Kier alpha value is -2.55. The number of aliphatic hydroxyl groups is 3. The van der Waals surface area contributed by atoms with E-state index in [0.717, 1.165) is 0 Å². The average Bonchev–Trinajstić information content (AvgIpc) is 3.10. The molecule has 1 fully saturated rings. The van der Waals surface area contributed by atoms with Crippen molar-refractivity contribution in [2.45, 2.75) is 24.5 Å². The molecular weight excluding hydrogens is 334 g/mol. The molecule has 1 aliphatic rings. The topological polar surface area (TPSA) is 227 Å². The van der Waals surface area contributed by atoms with Crippen LogP contribution in [-0.2, 0) is 4.74 Å². The number of nitrogens with zero attached hydrogens (tertiary/aromatic N) is 3. The normalized spacial score (nSPS) is 26.1. The predicted octanol–water partition coefficient (Wildman–Crippen LogP) is -3.30. The summed E-state index contributed by atoms with van der Waals surface area (Å²) in [7, 11) is 0. The first-order valence-corrected chi connectivity index (χ1v) is 7.25. The summed E-state index contributed by atoms with van der Waals surface area (Å²) in [5, 5.41) is 37.9. The van der Waals surface area contributed by atoms with Crippen molar-refractivity contribution in [2.75, 3.05) is 17.8 Å². The lowest BCUT2D eigenvalue weighted by molar-refractivity contribution is -0.0499. The number of hydrogen-bond donors (Lipinski definition) is 9. The van der Waals surface area contributed by atoms with Gasteiger partial charge in [-0.1, -0.05) is 0 Å². The number of amidine groups is 1. The van der Waals surface area contributed by atoms with Crippen molar-refractivity contribution >= 4 is 28.5 Å². The summed E-state index contributed by atoms with van der Waals surface area (Å²) in [6.07, 6.45) is -3.66. The average molecular weight is 353 g/mol. The molecule has 0 radical (unpaired) electrons. The molecule has 13 nitrogen and oxygen atoms in total. The molecule has 3 rings (SSSR count). The predicted molar refractivity (Wildman–Crippen MR) is 86.9 cm³/mol.